The van der Waals surface area contributed by atoms with E-state index in [0.717, 1.165) is 5.56 Å². The Morgan fingerprint density at radius 3 is 2.36 bits per heavy atom. The molecule has 0 heterocycles. The number of amides is 1. The van der Waals surface area contributed by atoms with Crippen LogP contribution in [-0.4, -0.2) is 29.2 Å². The van der Waals surface area contributed by atoms with Crippen molar-refractivity contribution in [2.24, 2.45) is 10.7 Å². The predicted octanol–water partition coefficient (Wildman–Crippen LogP) is 3.86. The molecule has 8 heteroatoms. The fourth-order valence-electron chi connectivity index (χ4n) is 2.34. The zero-order valence-electron chi connectivity index (χ0n) is 15.3. The molecule has 0 aliphatic heterocycles. The van der Waals surface area contributed by atoms with Crippen LogP contribution in [0.3, 0.4) is 0 Å². The molecular formula is C20H19Cl2N3O3. The highest BCUT2D eigenvalue weighted by Gasteiger charge is 2.16. The first kappa shape index (κ1) is 21.5. The fraction of sp³-hybridized carbons (Fsp3) is 0.150. The summed E-state index contributed by atoms with van der Waals surface area (Å²) in [6, 6.07) is 12.3. The van der Waals surface area contributed by atoms with Crippen LogP contribution < -0.4 is 11.1 Å². The van der Waals surface area contributed by atoms with Gasteiger partial charge in [-0.25, -0.2) is 4.99 Å². The summed E-state index contributed by atoms with van der Waals surface area (Å²) in [5, 5.41) is 12.0. The number of allylic oxidation sites excluding steroid dienone is 1. The van der Waals surface area contributed by atoms with Crippen molar-refractivity contribution >= 4 is 46.5 Å². The maximum atomic E-state index is 12.2. The number of benzene rings is 2. The van der Waals surface area contributed by atoms with Crippen molar-refractivity contribution in [2.75, 3.05) is 6.54 Å². The maximum Gasteiger partial charge on any atom is 0.322 e. The van der Waals surface area contributed by atoms with Gasteiger partial charge in [0.2, 0.25) is 0 Å². The van der Waals surface area contributed by atoms with E-state index >= 15 is 0 Å². The van der Waals surface area contributed by atoms with E-state index in [2.05, 4.69) is 10.3 Å². The van der Waals surface area contributed by atoms with Gasteiger partial charge in [-0.15, -0.1) is 0 Å². The van der Waals surface area contributed by atoms with Gasteiger partial charge in [0.05, 0.1) is 16.4 Å². The highest BCUT2D eigenvalue weighted by Crippen LogP contribution is 2.28. The van der Waals surface area contributed by atoms with E-state index in [-0.39, 0.29) is 5.70 Å². The molecule has 0 bridgehead atoms. The molecule has 0 fully saturated rings. The topological polar surface area (TPSA) is 105 Å². The second-order valence-corrected chi connectivity index (χ2v) is 6.88. The highest BCUT2D eigenvalue weighted by molar-refractivity contribution is 6.33. The lowest BCUT2D eigenvalue weighted by Crippen LogP contribution is -2.34. The first-order valence-electron chi connectivity index (χ1n) is 8.26. The number of hydrogen-bond donors (Lipinski definition) is 3. The molecule has 28 heavy (non-hydrogen) atoms. The summed E-state index contributed by atoms with van der Waals surface area (Å²) in [5.41, 5.74) is 8.79. The number of aliphatic carboxylic acids is 1. The molecule has 0 aromatic heterocycles. The number of nitrogens with two attached hydrogens (primary N) is 1. The van der Waals surface area contributed by atoms with Crippen LogP contribution in [0.5, 0.6) is 0 Å². The Labute approximate surface area is 172 Å². The Balaban J connectivity index is 2.55. The molecule has 0 spiro atoms. The molecule has 0 saturated heterocycles. The third kappa shape index (κ3) is 5.58. The van der Waals surface area contributed by atoms with Crippen LogP contribution in [0.25, 0.3) is 0 Å². The lowest BCUT2D eigenvalue weighted by atomic mass is 10.0. The smallest absolute Gasteiger partial charge is 0.322 e. The van der Waals surface area contributed by atoms with E-state index in [1.807, 2.05) is 13.0 Å². The largest absolute Gasteiger partial charge is 0.480 e. The molecular weight excluding hydrogens is 401 g/mol. The average molecular weight is 420 g/mol. The van der Waals surface area contributed by atoms with E-state index in [9.17, 15) is 9.59 Å². The minimum atomic E-state index is -1.17. The molecule has 0 radical (unpaired) electrons. The molecule has 2 rings (SSSR count). The number of aliphatic imine (C=N–C) groups is 1. The summed E-state index contributed by atoms with van der Waals surface area (Å²) < 4.78 is 0. The number of carboxylic acids is 1. The molecule has 4 N–H and O–H groups in total. The molecule has 2 aromatic carbocycles. The molecule has 1 amide bonds. The number of carboxylic acid groups (broad SMARTS) is 1. The van der Waals surface area contributed by atoms with Gasteiger partial charge in [0.15, 0.2) is 0 Å². The normalized spacial score (nSPS) is 12.4. The van der Waals surface area contributed by atoms with Crippen molar-refractivity contribution < 1.29 is 14.7 Å². The third-order valence-electron chi connectivity index (χ3n) is 3.86. The fourth-order valence-corrected chi connectivity index (χ4v) is 2.75. The molecule has 146 valence electrons. The quantitative estimate of drug-likeness (QED) is 0.488. The summed E-state index contributed by atoms with van der Waals surface area (Å²) in [6.45, 7) is 3.00. The van der Waals surface area contributed by atoms with E-state index < -0.39 is 18.4 Å². The summed E-state index contributed by atoms with van der Waals surface area (Å²) >= 11 is 12.3. The van der Waals surface area contributed by atoms with Crippen molar-refractivity contribution in [3.63, 3.8) is 0 Å². The summed E-state index contributed by atoms with van der Waals surface area (Å²) in [7, 11) is 0. The van der Waals surface area contributed by atoms with Gasteiger partial charge in [0, 0.05) is 16.2 Å². The van der Waals surface area contributed by atoms with Crippen molar-refractivity contribution in [1.29, 1.82) is 0 Å². The predicted molar refractivity (Wildman–Crippen MR) is 111 cm³/mol. The minimum Gasteiger partial charge on any atom is -0.480 e. The number of halogens is 2. The van der Waals surface area contributed by atoms with Crippen LogP contribution in [0.2, 0.25) is 10.0 Å². The first-order chi connectivity index (χ1) is 13.2. The Hall–Kier alpha value is -2.83. The van der Waals surface area contributed by atoms with Crippen LogP contribution in [0.15, 0.2) is 58.7 Å². The standard InChI is InChI=1S/C20H19Cl2N3O3/c1-11-3-8-16(15(22)9-11)25-19(13-4-6-14(21)7-5-13)12(2)18(23)20(28)24-10-17(26)27/h3-9H,10,23H2,1-2H3,(H,24,28)(H,26,27). The van der Waals surface area contributed by atoms with E-state index in [4.69, 9.17) is 34.0 Å². The Kier molecular flexibility index (Phi) is 7.20. The third-order valence-corrected chi connectivity index (χ3v) is 4.41. The zero-order chi connectivity index (χ0) is 20.8. The molecule has 0 atom stereocenters. The number of hydrogen-bond acceptors (Lipinski definition) is 4. The molecule has 0 aliphatic rings. The van der Waals surface area contributed by atoms with E-state index in [0.29, 0.717) is 32.6 Å². The Bertz CT molecular complexity index is 967. The van der Waals surface area contributed by atoms with Crippen LogP contribution in [0.1, 0.15) is 18.1 Å². The number of aryl methyl sites for hydroxylation is 1. The molecule has 0 saturated carbocycles. The number of carbonyl (C=O) groups excluding carboxylic acids is 1. The van der Waals surface area contributed by atoms with Gasteiger partial charge in [-0.2, -0.15) is 0 Å². The van der Waals surface area contributed by atoms with Crippen LogP contribution in [0, 0.1) is 6.92 Å². The van der Waals surface area contributed by atoms with Crippen molar-refractivity contribution in [1.82, 2.24) is 5.32 Å². The first-order valence-corrected chi connectivity index (χ1v) is 9.02. The van der Waals surface area contributed by atoms with Gasteiger partial charge in [0.1, 0.15) is 12.2 Å². The lowest BCUT2D eigenvalue weighted by Gasteiger charge is -2.12. The molecule has 0 aliphatic carbocycles. The number of nitrogens with zero attached hydrogens (tertiary/aromatic N) is 1. The van der Waals surface area contributed by atoms with Crippen LogP contribution >= 0.6 is 23.2 Å². The van der Waals surface area contributed by atoms with Gasteiger partial charge < -0.3 is 16.2 Å². The van der Waals surface area contributed by atoms with Gasteiger partial charge in [-0.1, -0.05) is 41.4 Å². The van der Waals surface area contributed by atoms with Gasteiger partial charge in [-0.3, -0.25) is 9.59 Å². The van der Waals surface area contributed by atoms with E-state index in [1.165, 1.54) is 0 Å². The van der Waals surface area contributed by atoms with Gasteiger partial charge >= 0.3 is 5.97 Å². The zero-order valence-corrected chi connectivity index (χ0v) is 16.8. The average Bonchev–Trinajstić information content (AvgIpc) is 2.65. The van der Waals surface area contributed by atoms with Gasteiger partial charge in [0.25, 0.3) is 5.91 Å². The number of carbonyl (C=O) groups is 2. The second-order valence-electron chi connectivity index (χ2n) is 6.04. The van der Waals surface area contributed by atoms with Crippen LogP contribution in [0.4, 0.5) is 5.69 Å². The van der Waals surface area contributed by atoms with E-state index in [1.54, 1.807) is 43.3 Å². The summed E-state index contributed by atoms with van der Waals surface area (Å²) in [5.74, 6) is -1.87. The molecule has 2 aromatic rings. The molecule has 6 nitrogen and oxygen atoms in total. The lowest BCUT2D eigenvalue weighted by molar-refractivity contribution is -0.137. The number of nitrogens with one attached hydrogen (secondary N) is 1. The SMILES string of the molecule is CC(C(=Nc1ccc(C)cc1Cl)c1ccc(Cl)cc1)=C(N)C(=O)NCC(=O)O. The van der Waals surface area contributed by atoms with Crippen molar-refractivity contribution in [3.8, 4) is 0 Å². The summed E-state index contributed by atoms with van der Waals surface area (Å²) in [4.78, 5) is 27.5. The maximum absolute atomic E-state index is 12.2. The molecule has 0 unspecified atom stereocenters. The second kappa shape index (κ2) is 9.39. The highest BCUT2D eigenvalue weighted by atomic mass is 35.5. The summed E-state index contributed by atoms with van der Waals surface area (Å²) in [6.07, 6.45) is 0. The van der Waals surface area contributed by atoms with Crippen molar-refractivity contribution in [3.05, 3.63) is 74.9 Å². The number of rotatable bonds is 6. The monoisotopic (exact) mass is 419 g/mol. The van der Waals surface area contributed by atoms with Gasteiger partial charge in [-0.05, 0) is 43.7 Å². The Morgan fingerprint density at radius 1 is 1.14 bits per heavy atom. The van der Waals surface area contributed by atoms with Crippen LogP contribution in [-0.2, 0) is 9.59 Å². The minimum absolute atomic E-state index is 0.141. The van der Waals surface area contributed by atoms with Crippen molar-refractivity contribution in [2.45, 2.75) is 13.8 Å². The Morgan fingerprint density at radius 2 is 1.79 bits per heavy atom.